The van der Waals surface area contributed by atoms with Crippen molar-refractivity contribution in [1.82, 2.24) is 19.5 Å². The third-order valence-corrected chi connectivity index (χ3v) is 6.68. The van der Waals surface area contributed by atoms with Crippen molar-refractivity contribution >= 4 is 29.0 Å². The SMILES string of the molecule is CCC(=O)N1CCCC(O)C1.CCC1(c2c(C#N)c(Cl)c3cnc(N)nn23)CCC1. The Kier molecular flexibility index (Phi) is 6.84. The first kappa shape index (κ1) is 22.3. The zero-order chi connectivity index (χ0) is 21.9. The maximum absolute atomic E-state index is 11.1. The molecule has 2 aromatic heterocycles. The maximum atomic E-state index is 11.1. The molecule has 0 bridgehead atoms. The minimum absolute atomic E-state index is 0.00190. The van der Waals surface area contributed by atoms with Crippen molar-refractivity contribution in [2.75, 3.05) is 18.8 Å². The van der Waals surface area contributed by atoms with Gasteiger partial charge in [-0.3, -0.25) is 4.79 Å². The number of likely N-dealkylation sites (tertiary alicyclic amines) is 1. The van der Waals surface area contributed by atoms with Crippen molar-refractivity contribution in [3.63, 3.8) is 0 Å². The fourth-order valence-corrected chi connectivity index (χ4v) is 4.64. The topological polar surface area (TPSA) is 121 Å². The molecule has 0 radical (unpaired) electrons. The number of nitrogens with zero attached hydrogens (tertiary/aromatic N) is 5. The van der Waals surface area contributed by atoms with E-state index in [1.165, 1.54) is 6.42 Å². The molecule has 0 spiro atoms. The second-order valence-electron chi connectivity index (χ2n) is 8.04. The summed E-state index contributed by atoms with van der Waals surface area (Å²) in [5, 5.41) is 23.3. The predicted molar refractivity (Wildman–Crippen MR) is 115 cm³/mol. The van der Waals surface area contributed by atoms with E-state index in [4.69, 9.17) is 17.3 Å². The molecule has 1 amide bonds. The summed E-state index contributed by atoms with van der Waals surface area (Å²) in [6, 6.07) is 2.22. The van der Waals surface area contributed by atoms with Crippen molar-refractivity contribution in [2.24, 2.45) is 0 Å². The number of nitriles is 1. The molecule has 162 valence electrons. The van der Waals surface area contributed by atoms with Crippen LogP contribution in [0.4, 0.5) is 5.95 Å². The van der Waals surface area contributed by atoms with E-state index in [1.807, 2.05) is 6.92 Å². The van der Waals surface area contributed by atoms with Gasteiger partial charge in [-0.15, -0.1) is 5.10 Å². The standard InChI is InChI=1S/C13H14ClN5.C8H15NO2/c1-2-13(4-3-5-13)11-8(6-15)10(14)9-7-17-12(16)18-19(9)11;1-2-8(11)9-5-3-4-7(10)6-9/h7H,2-5H2,1H3,(H2,16,18);7,10H,2-6H2,1H3. The quantitative estimate of drug-likeness (QED) is 0.768. The minimum atomic E-state index is -0.292. The van der Waals surface area contributed by atoms with Crippen LogP contribution in [0.5, 0.6) is 0 Å². The van der Waals surface area contributed by atoms with Crippen LogP contribution in [0.15, 0.2) is 6.20 Å². The van der Waals surface area contributed by atoms with Crippen molar-refractivity contribution in [1.29, 1.82) is 5.26 Å². The zero-order valence-electron chi connectivity index (χ0n) is 17.6. The molecule has 2 aliphatic rings. The van der Waals surface area contributed by atoms with Crippen LogP contribution in [0.1, 0.15) is 70.1 Å². The Morgan fingerprint density at radius 1 is 1.43 bits per heavy atom. The van der Waals surface area contributed by atoms with E-state index in [0.29, 0.717) is 29.1 Å². The predicted octanol–water partition coefficient (Wildman–Crippen LogP) is 3.05. The molecule has 1 unspecified atom stereocenters. The van der Waals surface area contributed by atoms with E-state index in [1.54, 1.807) is 15.6 Å². The Morgan fingerprint density at radius 3 is 2.70 bits per heavy atom. The average molecular weight is 433 g/mol. The lowest BCUT2D eigenvalue weighted by atomic mass is 9.64. The first-order chi connectivity index (χ1) is 14.4. The summed E-state index contributed by atoms with van der Waals surface area (Å²) in [5.74, 6) is 0.347. The van der Waals surface area contributed by atoms with Gasteiger partial charge in [-0.25, -0.2) is 9.50 Å². The van der Waals surface area contributed by atoms with Gasteiger partial charge >= 0.3 is 0 Å². The van der Waals surface area contributed by atoms with Crippen molar-refractivity contribution in [3.8, 4) is 6.07 Å². The molecule has 8 nitrogen and oxygen atoms in total. The Labute approximate surface area is 181 Å². The van der Waals surface area contributed by atoms with Crippen LogP contribution < -0.4 is 5.73 Å². The molecule has 1 saturated carbocycles. The molecule has 1 atom stereocenters. The number of fused-ring (bicyclic) bond motifs is 1. The van der Waals surface area contributed by atoms with Crippen LogP contribution in [0.2, 0.25) is 5.02 Å². The van der Waals surface area contributed by atoms with Gasteiger partial charge in [0, 0.05) is 24.9 Å². The zero-order valence-corrected chi connectivity index (χ0v) is 18.3. The second kappa shape index (κ2) is 9.19. The largest absolute Gasteiger partial charge is 0.391 e. The average Bonchev–Trinajstić information content (AvgIpc) is 2.99. The van der Waals surface area contributed by atoms with Gasteiger partial charge in [0.1, 0.15) is 11.6 Å². The number of rotatable bonds is 3. The monoisotopic (exact) mass is 432 g/mol. The first-order valence-corrected chi connectivity index (χ1v) is 10.9. The lowest BCUT2D eigenvalue weighted by molar-refractivity contribution is -0.133. The highest BCUT2D eigenvalue weighted by Gasteiger charge is 2.42. The molecule has 2 fully saturated rings. The van der Waals surface area contributed by atoms with Crippen molar-refractivity contribution in [3.05, 3.63) is 22.5 Å². The number of piperidine rings is 1. The number of hydrogen-bond acceptors (Lipinski definition) is 6. The van der Waals surface area contributed by atoms with Crippen LogP contribution >= 0.6 is 11.6 Å². The number of nitrogens with two attached hydrogens (primary N) is 1. The summed E-state index contributed by atoms with van der Waals surface area (Å²) in [4.78, 5) is 16.8. The van der Waals surface area contributed by atoms with Crippen LogP contribution in [0.25, 0.3) is 5.52 Å². The summed E-state index contributed by atoms with van der Waals surface area (Å²) >= 11 is 6.29. The molecule has 30 heavy (non-hydrogen) atoms. The molecule has 4 rings (SSSR count). The summed E-state index contributed by atoms with van der Waals surface area (Å²) in [7, 11) is 0. The smallest absolute Gasteiger partial charge is 0.238 e. The third-order valence-electron chi connectivity index (χ3n) is 6.30. The Bertz CT molecular complexity index is 957. The van der Waals surface area contributed by atoms with Crippen molar-refractivity contribution < 1.29 is 9.90 Å². The highest BCUT2D eigenvalue weighted by atomic mass is 35.5. The van der Waals surface area contributed by atoms with Gasteiger partial charge in [0.25, 0.3) is 0 Å². The van der Waals surface area contributed by atoms with E-state index < -0.39 is 0 Å². The third kappa shape index (κ3) is 4.09. The lowest BCUT2D eigenvalue weighted by Crippen LogP contribution is -2.41. The number of amides is 1. The first-order valence-electron chi connectivity index (χ1n) is 10.6. The molecule has 0 aromatic carbocycles. The fraction of sp³-hybridized carbons (Fsp3) is 0.619. The van der Waals surface area contributed by atoms with Gasteiger partial charge in [-0.2, -0.15) is 5.26 Å². The number of aromatic nitrogens is 3. The Balaban J connectivity index is 0.000000199. The van der Waals surface area contributed by atoms with E-state index in [0.717, 1.165) is 44.3 Å². The van der Waals surface area contributed by atoms with Gasteiger partial charge in [0.05, 0.1) is 28.6 Å². The number of hydrogen-bond donors (Lipinski definition) is 2. The lowest BCUT2D eigenvalue weighted by Gasteiger charge is -2.41. The summed E-state index contributed by atoms with van der Waals surface area (Å²) < 4.78 is 1.71. The number of aliphatic hydroxyl groups is 1. The highest BCUT2D eigenvalue weighted by molar-refractivity contribution is 6.35. The maximum Gasteiger partial charge on any atom is 0.238 e. The number of nitrogen functional groups attached to an aromatic ring is 1. The van der Waals surface area contributed by atoms with Gasteiger partial charge in [0.2, 0.25) is 11.9 Å². The highest BCUT2D eigenvalue weighted by Crippen LogP contribution is 2.49. The van der Waals surface area contributed by atoms with Crippen LogP contribution in [-0.2, 0) is 10.2 Å². The molecule has 9 heteroatoms. The van der Waals surface area contributed by atoms with Crippen LogP contribution in [-0.4, -0.2) is 49.7 Å². The molecule has 3 heterocycles. The number of carbonyl (C=O) groups excluding carboxylic acids is 1. The second-order valence-corrected chi connectivity index (χ2v) is 8.42. The van der Waals surface area contributed by atoms with E-state index in [-0.39, 0.29) is 23.4 Å². The van der Waals surface area contributed by atoms with Crippen molar-refractivity contribution in [2.45, 2.75) is 70.3 Å². The molecular weight excluding hydrogens is 404 g/mol. The number of halogens is 1. The van der Waals surface area contributed by atoms with Gasteiger partial charge in [-0.05, 0) is 32.1 Å². The summed E-state index contributed by atoms with van der Waals surface area (Å²) in [6.45, 7) is 5.35. The molecule has 1 aliphatic carbocycles. The molecule has 2 aromatic rings. The Morgan fingerprint density at radius 2 is 2.17 bits per heavy atom. The normalized spacial score (nSPS) is 20.1. The molecule has 1 saturated heterocycles. The van der Waals surface area contributed by atoms with Gasteiger partial charge < -0.3 is 15.7 Å². The number of anilines is 1. The molecular formula is C21H29ClN6O2. The van der Waals surface area contributed by atoms with Gasteiger partial charge in [0.15, 0.2) is 0 Å². The van der Waals surface area contributed by atoms with E-state index in [2.05, 4.69) is 23.1 Å². The summed E-state index contributed by atoms with van der Waals surface area (Å²) in [6.07, 6.45) is 7.87. The summed E-state index contributed by atoms with van der Waals surface area (Å²) in [5.41, 5.74) is 7.74. The number of aliphatic hydroxyl groups excluding tert-OH is 1. The van der Waals surface area contributed by atoms with Crippen LogP contribution in [0.3, 0.4) is 0 Å². The Hall–Kier alpha value is -2.37. The fourth-order valence-electron chi connectivity index (χ4n) is 4.38. The molecule has 1 aliphatic heterocycles. The number of β-amino-alcohol motifs (C(OH)–C–C–N with tert-alkyl or cyclic N) is 1. The van der Waals surface area contributed by atoms with E-state index >= 15 is 0 Å². The van der Waals surface area contributed by atoms with E-state index in [9.17, 15) is 15.2 Å². The van der Waals surface area contributed by atoms with Gasteiger partial charge in [-0.1, -0.05) is 31.9 Å². The minimum Gasteiger partial charge on any atom is -0.391 e. The van der Waals surface area contributed by atoms with Crippen LogP contribution in [0, 0.1) is 11.3 Å². The number of carbonyl (C=O) groups is 1. The molecule has 3 N–H and O–H groups in total.